The van der Waals surface area contributed by atoms with E-state index in [1.54, 1.807) is 7.11 Å². The smallest absolute Gasteiger partial charge is 0.130 e. The molecule has 1 aromatic rings. The minimum absolute atomic E-state index is 0.0711. The summed E-state index contributed by atoms with van der Waals surface area (Å²) >= 11 is 0. The minimum Gasteiger partial charge on any atom is -0.380 e. The largest absolute Gasteiger partial charge is 0.380 e. The lowest BCUT2D eigenvalue weighted by atomic mass is 9.99. The monoisotopic (exact) mass is 270 g/mol. The van der Waals surface area contributed by atoms with Crippen LogP contribution in [0.1, 0.15) is 24.4 Å². The number of nitrogens with zero attached hydrogens (tertiary/aromatic N) is 1. The van der Waals surface area contributed by atoms with Crippen molar-refractivity contribution in [1.29, 1.82) is 0 Å². The Labute approximate surface area is 112 Å². The van der Waals surface area contributed by atoms with Crippen molar-refractivity contribution < 1.29 is 13.5 Å². The van der Waals surface area contributed by atoms with Gasteiger partial charge in [-0.2, -0.15) is 0 Å². The molecule has 2 unspecified atom stereocenters. The van der Waals surface area contributed by atoms with Crippen molar-refractivity contribution in [2.45, 2.75) is 25.0 Å². The van der Waals surface area contributed by atoms with Gasteiger partial charge < -0.3 is 10.5 Å². The van der Waals surface area contributed by atoms with Crippen molar-refractivity contribution in [2.75, 3.05) is 26.7 Å². The molecule has 0 aliphatic carbocycles. The first-order chi connectivity index (χ1) is 9.17. The van der Waals surface area contributed by atoms with E-state index in [-0.39, 0.29) is 18.2 Å². The highest BCUT2D eigenvalue weighted by Crippen LogP contribution is 2.28. The maximum Gasteiger partial charge on any atom is 0.130 e. The van der Waals surface area contributed by atoms with Crippen LogP contribution in [0.3, 0.4) is 0 Å². The molecule has 1 saturated heterocycles. The quantitative estimate of drug-likeness (QED) is 0.910. The summed E-state index contributed by atoms with van der Waals surface area (Å²) in [6.07, 6.45) is 2.03. The van der Waals surface area contributed by atoms with Gasteiger partial charge >= 0.3 is 0 Å². The molecular weight excluding hydrogens is 250 g/mol. The summed E-state index contributed by atoms with van der Waals surface area (Å²) in [6, 6.07) is 3.49. The topological polar surface area (TPSA) is 38.5 Å². The first kappa shape index (κ1) is 14.4. The molecule has 1 aliphatic rings. The van der Waals surface area contributed by atoms with Crippen molar-refractivity contribution in [2.24, 2.45) is 5.73 Å². The normalized spacial score (nSPS) is 22.4. The molecule has 1 fully saturated rings. The third-order valence-electron chi connectivity index (χ3n) is 3.74. The van der Waals surface area contributed by atoms with Crippen LogP contribution >= 0.6 is 0 Å². The lowest BCUT2D eigenvalue weighted by molar-refractivity contribution is 0.0143. The molecule has 1 heterocycles. The van der Waals surface area contributed by atoms with Crippen LogP contribution in [0.2, 0.25) is 0 Å². The molecule has 0 bridgehead atoms. The molecule has 1 aromatic carbocycles. The van der Waals surface area contributed by atoms with Crippen LogP contribution in [-0.4, -0.2) is 37.7 Å². The van der Waals surface area contributed by atoms with Gasteiger partial charge in [0.1, 0.15) is 11.6 Å². The maximum atomic E-state index is 13.9. The van der Waals surface area contributed by atoms with E-state index in [1.165, 1.54) is 18.2 Å². The van der Waals surface area contributed by atoms with E-state index >= 15 is 0 Å². The Morgan fingerprint density at radius 2 is 2.11 bits per heavy atom. The van der Waals surface area contributed by atoms with Crippen molar-refractivity contribution >= 4 is 0 Å². The molecule has 0 spiro atoms. The number of nitrogens with two attached hydrogens (primary N) is 1. The van der Waals surface area contributed by atoms with Crippen molar-refractivity contribution in [3.63, 3.8) is 0 Å². The number of piperidine rings is 1. The number of benzene rings is 1. The maximum absolute atomic E-state index is 13.9. The Bertz CT molecular complexity index is 408. The molecule has 0 amide bonds. The second-order valence-electron chi connectivity index (χ2n) is 4.88. The molecule has 0 radical (unpaired) electrons. The first-order valence-corrected chi connectivity index (χ1v) is 6.58. The van der Waals surface area contributed by atoms with Crippen molar-refractivity contribution in [1.82, 2.24) is 4.90 Å². The predicted octanol–water partition coefficient (Wildman–Crippen LogP) is 2.08. The molecule has 0 saturated carbocycles. The SMILES string of the molecule is COC1CCCN(C(CN)c2c(F)cccc2F)C1. The van der Waals surface area contributed by atoms with E-state index in [2.05, 4.69) is 0 Å². The fraction of sp³-hybridized carbons (Fsp3) is 0.571. The van der Waals surface area contributed by atoms with Crippen molar-refractivity contribution in [3.05, 3.63) is 35.4 Å². The number of methoxy groups -OCH3 is 1. The summed E-state index contributed by atoms with van der Waals surface area (Å²) in [7, 11) is 1.66. The van der Waals surface area contributed by atoms with Gasteiger partial charge in [0.2, 0.25) is 0 Å². The van der Waals surface area contributed by atoms with Gasteiger partial charge in [0, 0.05) is 25.8 Å². The van der Waals surface area contributed by atoms with E-state index in [0.717, 1.165) is 19.4 Å². The predicted molar refractivity (Wildman–Crippen MR) is 69.8 cm³/mol. The number of rotatable bonds is 4. The number of hydrogen-bond acceptors (Lipinski definition) is 3. The lowest BCUT2D eigenvalue weighted by Crippen LogP contribution is -2.44. The van der Waals surface area contributed by atoms with Crippen LogP contribution in [-0.2, 0) is 4.74 Å². The number of likely N-dealkylation sites (tertiary alicyclic amines) is 1. The number of ether oxygens (including phenoxy) is 1. The van der Waals surface area contributed by atoms with Gasteiger partial charge in [0.25, 0.3) is 0 Å². The van der Waals surface area contributed by atoms with E-state index in [4.69, 9.17) is 10.5 Å². The standard InChI is InChI=1S/C14H20F2N2O/c1-19-10-4-3-7-18(9-10)13(8-17)14-11(15)5-2-6-12(14)16/h2,5-6,10,13H,3-4,7-9,17H2,1H3. The van der Waals surface area contributed by atoms with Crippen LogP contribution in [0.15, 0.2) is 18.2 Å². The summed E-state index contributed by atoms with van der Waals surface area (Å²) in [5, 5.41) is 0. The Morgan fingerprint density at radius 3 is 2.68 bits per heavy atom. The third kappa shape index (κ3) is 3.11. The van der Waals surface area contributed by atoms with E-state index in [1.807, 2.05) is 4.90 Å². The summed E-state index contributed by atoms with van der Waals surface area (Å²) < 4.78 is 33.1. The Balaban J connectivity index is 2.24. The summed E-state index contributed by atoms with van der Waals surface area (Å²) in [5.41, 5.74) is 5.82. The molecule has 1 aliphatic heterocycles. The second-order valence-corrected chi connectivity index (χ2v) is 4.88. The third-order valence-corrected chi connectivity index (χ3v) is 3.74. The van der Waals surface area contributed by atoms with Crippen LogP contribution in [0, 0.1) is 11.6 Å². The fourth-order valence-corrected chi connectivity index (χ4v) is 2.72. The van der Waals surface area contributed by atoms with Gasteiger partial charge in [-0.3, -0.25) is 4.90 Å². The zero-order chi connectivity index (χ0) is 13.8. The highest BCUT2D eigenvalue weighted by atomic mass is 19.1. The van der Waals surface area contributed by atoms with Gasteiger partial charge in [0.15, 0.2) is 0 Å². The molecule has 19 heavy (non-hydrogen) atoms. The average Bonchev–Trinajstić information content (AvgIpc) is 2.43. The van der Waals surface area contributed by atoms with Gasteiger partial charge in [-0.25, -0.2) is 8.78 Å². The van der Waals surface area contributed by atoms with Gasteiger partial charge in [-0.1, -0.05) is 6.07 Å². The fourth-order valence-electron chi connectivity index (χ4n) is 2.72. The molecule has 106 valence electrons. The summed E-state index contributed by atoms with van der Waals surface area (Å²) in [5.74, 6) is -1.06. The zero-order valence-corrected chi connectivity index (χ0v) is 11.1. The Morgan fingerprint density at radius 1 is 1.42 bits per heavy atom. The molecule has 5 heteroatoms. The Kier molecular flexibility index (Phi) is 4.85. The molecular formula is C14H20F2N2O. The molecule has 0 aromatic heterocycles. The summed E-state index contributed by atoms with van der Waals surface area (Å²) in [4.78, 5) is 2.01. The van der Waals surface area contributed by atoms with Crippen molar-refractivity contribution in [3.8, 4) is 0 Å². The van der Waals surface area contributed by atoms with E-state index in [0.29, 0.717) is 6.54 Å². The summed E-state index contributed by atoms with van der Waals surface area (Å²) in [6.45, 7) is 1.63. The van der Waals surface area contributed by atoms with Crippen LogP contribution in [0.25, 0.3) is 0 Å². The number of halogens is 2. The lowest BCUT2D eigenvalue weighted by Gasteiger charge is -2.37. The Hall–Kier alpha value is -1.04. The van der Waals surface area contributed by atoms with E-state index in [9.17, 15) is 8.78 Å². The number of hydrogen-bond donors (Lipinski definition) is 1. The van der Waals surface area contributed by atoms with Crippen LogP contribution < -0.4 is 5.73 Å². The van der Waals surface area contributed by atoms with Gasteiger partial charge in [-0.15, -0.1) is 0 Å². The highest BCUT2D eigenvalue weighted by Gasteiger charge is 2.29. The second kappa shape index (κ2) is 6.41. The molecule has 2 N–H and O–H groups in total. The van der Waals surface area contributed by atoms with E-state index < -0.39 is 17.7 Å². The zero-order valence-electron chi connectivity index (χ0n) is 11.1. The first-order valence-electron chi connectivity index (χ1n) is 6.58. The molecule has 2 rings (SSSR count). The molecule has 3 nitrogen and oxygen atoms in total. The van der Waals surface area contributed by atoms with Crippen LogP contribution in [0.4, 0.5) is 8.78 Å². The van der Waals surface area contributed by atoms with Gasteiger partial charge in [0.05, 0.1) is 12.1 Å². The van der Waals surface area contributed by atoms with Crippen LogP contribution in [0.5, 0.6) is 0 Å². The minimum atomic E-state index is -0.532. The molecule has 2 atom stereocenters. The highest BCUT2D eigenvalue weighted by molar-refractivity contribution is 5.24. The average molecular weight is 270 g/mol. The van der Waals surface area contributed by atoms with Gasteiger partial charge in [-0.05, 0) is 31.5 Å².